The molecule has 3 rings (SSSR count). The number of ketones is 1. The summed E-state index contributed by atoms with van der Waals surface area (Å²) in [4.78, 5) is 71.2. The molecule has 286 valence electrons. The highest BCUT2D eigenvalue weighted by Gasteiger charge is 2.35. The minimum Gasteiger partial charge on any atom is -0.356 e. The summed E-state index contributed by atoms with van der Waals surface area (Å²) >= 11 is 0. The number of hydrogen-bond donors (Lipinski definition) is 6. The van der Waals surface area contributed by atoms with E-state index in [1.54, 1.807) is 18.3 Å². The molecule has 0 aliphatic heterocycles. The lowest BCUT2D eigenvalue weighted by atomic mass is 9.83. The third kappa shape index (κ3) is 14.1. The molecule has 1 aliphatic rings. The number of Topliss-reactive ketones (excluding diaryl/α,β-unsaturated/α-hetero) is 1. The first-order chi connectivity index (χ1) is 24.9. The molecule has 6 N–H and O–H groups in total. The second-order valence-corrected chi connectivity index (χ2v) is 14.4. The maximum absolute atomic E-state index is 13.8. The standard InChI is InChI=1S/C39H58N6O7/c1-6-15-30(35(47)38(50)41-23-32(46)44-33(27-16-9-7-10-17-27)29-20-13-14-21-40-29)42-36(48)31(22-25(2)3)43-37(49)34(28-18-11-8-12-19-28)45-39(51)52-24-26(4)5/h7,9-10,13-14,16-17,20-21,25-26,28,30-31,33-34,39,45,51H,6,8,11-12,15,18-19,22-24H2,1-5H3,(H,41,50)(H,42,48)(H,43,49)(H,44,46)/t30?,31?,33?,34?,39-/m1/s1. The van der Waals surface area contributed by atoms with Crippen molar-refractivity contribution in [3.63, 3.8) is 0 Å². The molecule has 0 bridgehead atoms. The highest BCUT2D eigenvalue weighted by Crippen LogP contribution is 2.27. The fourth-order valence-corrected chi connectivity index (χ4v) is 6.31. The maximum Gasteiger partial charge on any atom is 0.290 e. The third-order valence-corrected chi connectivity index (χ3v) is 8.92. The van der Waals surface area contributed by atoms with Crippen molar-refractivity contribution in [1.82, 2.24) is 31.6 Å². The Morgan fingerprint density at radius 1 is 0.846 bits per heavy atom. The number of rotatable bonds is 21. The van der Waals surface area contributed by atoms with Gasteiger partial charge in [-0.2, -0.15) is 0 Å². The number of aliphatic hydroxyl groups excluding tert-OH is 1. The lowest BCUT2D eigenvalue weighted by Crippen LogP contribution is -2.59. The smallest absolute Gasteiger partial charge is 0.290 e. The number of benzene rings is 1. The molecular weight excluding hydrogens is 664 g/mol. The van der Waals surface area contributed by atoms with E-state index in [4.69, 9.17) is 4.74 Å². The van der Waals surface area contributed by atoms with E-state index in [9.17, 15) is 29.1 Å². The zero-order chi connectivity index (χ0) is 38.0. The molecule has 0 radical (unpaired) electrons. The molecular formula is C39H58N6O7. The lowest BCUT2D eigenvalue weighted by Gasteiger charge is -2.33. The molecule has 1 saturated carbocycles. The number of nitrogens with zero attached hydrogens (tertiary/aromatic N) is 1. The van der Waals surface area contributed by atoms with E-state index >= 15 is 0 Å². The van der Waals surface area contributed by atoms with E-state index < -0.39 is 66.5 Å². The molecule has 4 amide bonds. The van der Waals surface area contributed by atoms with Gasteiger partial charge in [0.2, 0.25) is 29.9 Å². The molecule has 13 nitrogen and oxygen atoms in total. The fraction of sp³-hybridized carbons (Fsp3) is 0.590. The monoisotopic (exact) mass is 722 g/mol. The van der Waals surface area contributed by atoms with E-state index in [1.165, 1.54) is 0 Å². The first kappa shape index (κ1) is 42.2. The number of carbonyl (C=O) groups excluding carboxylic acids is 5. The number of ether oxygens (including phenoxy) is 1. The van der Waals surface area contributed by atoms with Crippen molar-refractivity contribution in [3.05, 3.63) is 66.0 Å². The van der Waals surface area contributed by atoms with E-state index in [-0.39, 0.29) is 30.6 Å². The quantitative estimate of drug-likeness (QED) is 0.0831. The Balaban J connectivity index is 1.66. The van der Waals surface area contributed by atoms with Crippen molar-refractivity contribution in [2.24, 2.45) is 17.8 Å². The van der Waals surface area contributed by atoms with Gasteiger partial charge in [0, 0.05) is 6.20 Å². The van der Waals surface area contributed by atoms with Crippen LogP contribution in [0.15, 0.2) is 54.7 Å². The van der Waals surface area contributed by atoms with Crippen LogP contribution in [0.5, 0.6) is 0 Å². The van der Waals surface area contributed by atoms with E-state index in [1.807, 2.05) is 71.0 Å². The van der Waals surface area contributed by atoms with Crippen LogP contribution in [0, 0.1) is 17.8 Å². The van der Waals surface area contributed by atoms with Gasteiger partial charge in [-0.1, -0.05) is 96.7 Å². The molecule has 1 aromatic heterocycles. The number of carbonyl (C=O) groups is 5. The molecule has 0 spiro atoms. The first-order valence-electron chi connectivity index (χ1n) is 18.6. The van der Waals surface area contributed by atoms with Gasteiger partial charge in [0.05, 0.1) is 37.0 Å². The van der Waals surface area contributed by atoms with Crippen LogP contribution in [-0.2, 0) is 28.7 Å². The van der Waals surface area contributed by atoms with Crippen molar-refractivity contribution in [2.45, 2.75) is 117 Å². The zero-order valence-electron chi connectivity index (χ0n) is 31.2. The summed E-state index contributed by atoms with van der Waals surface area (Å²) < 4.78 is 5.50. The van der Waals surface area contributed by atoms with E-state index in [0.717, 1.165) is 37.7 Å². The molecule has 4 unspecified atom stereocenters. The Hall–Kier alpha value is -4.20. The SMILES string of the molecule is CCCC(NC(=O)C(CC(C)C)NC(=O)C(N[C@H](O)OCC(C)C)C1CCCCC1)C(=O)C(=O)NCC(=O)NC(c1ccccc1)c1ccccn1. The molecule has 5 atom stereocenters. The topological polar surface area (TPSA) is 188 Å². The van der Waals surface area contributed by atoms with Crippen LogP contribution >= 0.6 is 0 Å². The van der Waals surface area contributed by atoms with Crippen molar-refractivity contribution in [3.8, 4) is 0 Å². The minimum atomic E-state index is -1.36. The van der Waals surface area contributed by atoms with Gasteiger partial charge in [0.15, 0.2) is 0 Å². The molecule has 13 heteroatoms. The summed E-state index contributed by atoms with van der Waals surface area (Å²) in [6.07, 6.45) is 5.76. The van der Waals surface area contributed by atoms with E-state index in [0.29, 0.717) is 18.7 Å². The number of pyridine rings is 1. The highest BCUT2D eigenvalue weighted by atomic mass is 16.6. The Morgan fingerprint density at radius 3 is 2.13 bits per heavy atom. The zero-order valence-corrected chi connectivity index (χ0v) is 31.2. The Kier molecular flexibility index (Phi) is 17.9. The van der Waals surface area contributed by atoms with Gasteiger partial charge >= 0.3 is 0 Å². The number of aromatic nitrogens is 1. The van der Waals surface area contributed by atoms with Crippen molar-refractivity contribution >= 4 is 29.4 Å². The molecule has 1 heterocycles. The highest BCUT2D eigenvalue weighted by molar-refractivity contribution is 6.38. The van der Waals surface area contributed by atoms with Crippen LogP contribution in [0.4, 0.5) is 0 Å². The van der Waals surface area contributed by atoms with Crippen LogP contribution < -0.4 is 26.6 Å². The van der Waals surface area contributed by atoms with Crippen LogP contribution in [0.1, 0.15) is 103 Å². The van der Waals surface area contributed by atoms with Crippen molar-refractivity contribution in [1.29, 1.82) is 0 Å². The van der Waals surface area contributed by atoms with Crippen LogP contribution in [-0.4, -0.2) is 77.2 Å². The summed E-state index contributed by atoms with van der Waals surface area (Å²) in [7, 11) is 0. The van der Waals surface area contributed by atoms with E-state index in [2.05, 4.69) is 31.6 Å². The Morgan fingerprint density at radius 2 is 1.52 bits per heavy atom. The Labute approximate surface area is 307 Å². The van der Waals surface area contributed by atoms with Crippen molar-refractivity contribution in [2.75, 3.05) is 13.2 Å². The van der Waals surface area contributed by atoms with Crippen LogP contribution in [0.3, 0.4) is 0 Å². The fourth-order valence-electron chi connectivity index (χ4n) is 6.31. The molecule has 2 aromatic rings. The predicted octanol–water partition coefficient (Wildman–Crippen LogP) is 3.28. The van der Waals surface area contributed by atoms with Gasteiger partial charge in [-0.15, -0.1) is 0 Å². The van der Waals surface area contributed by atoms with Gasteiger partial charge in [-0.3, -0.25) is 34.3 Å². The summed E-state index contributed by atoms with van der Waals surface area (Å²) in [5, 5.41) is 24.3. The third-order valence-electron chi connectivity index (χ3n) is 8.92. The average Bonchev–Trinajstić information content (AvgIpc) is 3.14. The largest absolute Gasteiger partial charge is 0.356 e. The van der Waals surface area contributed by atoms with Gasteiger partial charge in [0.1, 0.15) is 6.04 Å². The lowest BCUT2D eigenvalue weighted by molar-refractivity contribution is -0.148. The number of hydrogen-bond acceptors (Lipinski definition) is 9. The van der Waals surface area contributed by atoms with Gasteiger partial charge < -0.3 is 31.1 Å². The first-order valence-corrected chi connectivity index (χ1v) is 18.6. The summed E-state index contributed by atoms with van der Waals surface area (Å²) in [5.41, 5.74) is 1.40. The Bertz CT molecular complexity index is 1380. The predicted molar refractivity (Wildman–Crippen MR) is 197 cm³/mol. The summed E-state index contributed by atoms with van der Waals surface area (Å²) in [5.74, 6) is -3.35. The molecule has 1 aliphatic carbocycles. The second-order valence-electron chi connectivity index (χ2n) is 14.4. The number of amides is 4. The molecule has 0 saturated heterocycles. The van der Waals surface area contributed by atoms with Gasteiger partial charge in [-0.05, 0) is 61.1 Å². The molecule has 52 heavy (non-hydrogen) atoms. The van der Waals surface area contributed by atoms with Crippen LogP contribution in [0.2, 0.25) is 0 Å². The van der Waals surface area contributed by atoms with Crippen molar-refractivity contribution < 1.29 is 33.8 Å². The summed E-state index contributed by atoms with van der Waals surface area (Å²) in [6.45, 7) is 9.39. The second kappa shape index (κ2) is 22.0. The molecule has 1 fully saturated rings. The molecule has 1 aromatic carbocycles. The average molecular weight is 723 g/mol. The number of nitrogens with one attached hydrogen (secondary N) is 5. The van der Waals surface area contributed by atoms with Gasteiger partial charge in [0.25, 0.3) is 5.91 Å². The minimum absolute atomic E-state index is 0.00467. The summed E-state index contributed by atoms with van der Waals surface area (Å²) in [6, 6.07) is 11.1. The van der Waals surface area contributed by atoms with Gasteiger partial charge in [-0.25, -0.2) is 0 Å². The normalized spacial score (nSPS) is 16.3. The maximum atomic E-state index is 13.8. The number of aliphatic hydroxyl groups is 1. The van der Waals surface area contributed by atoms with Crippen LogP contribution in [0.25, 0.3) is 0 Å².